The lowest BCUT2D eigenvalue weighted by atomic mass is 10.1. The molecule has 1 unspecified atom stereocenters. The molecule has 0 saturated carbocycles. The molecule has 0 saturated heterocycles. The van der Waals surface area contributed by atoms with Gasteiger partial charge in [-0.15, -0.1) is 18.3 Å². The summed E-state index contributed by atoms with van der Waals surface area (Å²) < 4.78 is 1.15. The predicted octanol–water partition coefficient (Wildman–Crippen LogP) is 5.27. The summed E-state index contributed by atoms with van der Waals surface area (Å²) in [5.41, 5.74) is 1.27. The number of halogens is 1. The molecular weight excluding hydrogens is 318 g/mol. The van der Waals surface area contributed by atoms with Crippen molar-refractivity contribution in [3.05, 3.63) is 40.9 Å². The van der Waals surface area contributed by atoms with E-state index in [1.807, 2.05) is 11.8 Å². The van der Waals surface area contributed by atoms with E-state index in [1.165, 1.54) is 23.3 Å². The fourth-order valence-corrected chi connectivity index (χ4v) is 3.38. The Labute approximate surface area is 130 Å². The van der Waals surface area contributed by atoms with Crippen LogP contribution in [0.15, 0.2) is 45.8 Å². The first kappa shape index (κ1) is 16.8. The second-order valence-electron chi connectivity index (χ2n) is 4.92. The van der Waals surface area contributed by atoms with E-state index >= 15 is 0 Å². The highest BCUT2D eigenvalue weighted by Crippen LogP contribution is 2.23. The monoisotopic (exact) mass is 341 g/mol. The van der Waals surface area contributed by atoms with E-state index < -0.39 is 0 Å². The highest BCUT2D eigenvalue weighted by Gasteiger charge is 2.08. The SMILES string of the molecule is C=C(C)CCC(CSc1cccc(Br)c1)NCCC. The zero-order valence-electron chi connectivity index (χ0n) is 11.9. The number of hydrogen-bond acceptors (Lipinski definition) is 2. The highest BCUT2D eigenvalue weighted by atomic mass is 79.9. The van der Waals surface area contributed by atoms with Crippen molar-refractivity contribution in [3.63, 3.8) is 0 Å². The van der Waals surface area contributed by atoms with Gasteiger partial charge in [0.2, 0.25) is 0 Å². The van der Waals surface area contributed by atoms with Crippen LogP contribution in [-0.4, -0.2) is 18.3 Å². The van der Waals surface area contributed by atoms with E-state index in [-0.39, 0.29) is 0 Å². The zero-order chi connectivity index (χ0) is 14.1. The Balaban J connectivity index is 2.44. The van der Waals surface area contributed by atoms with Crippen molar-refractivity contribution < 1.29 is 0 Å². The maximum absolute atomic E-state index is 4.00. The molecule has 19 heavy (non-hydrogen) atoms. The van der Waals surface area contributed by atoms with Gasteiger partial charge in [0.15, 0.2) is 0 Å². The fourth-order valence-electron chi connectivity index (χ4n) is 1.77. The third-order valence-electron chi connectivity index (χ3n) is 2.85. The minimum Gasteiger partial charge on any atom is -0.313 e. The molecule has 1 nitrogen and oxygen atoms in total. The molecule has 0 bridgehead atoms. The number of allylic oxidation sites excluding steroid dienone is 1. The van der Waals surface area contributed by atoms with E-state index in [0.29, 0.717) is 6.04 Å². The number of benzene rings is 1. The molecule has 0 aromatic heterocycles. The molecular formula is C16H24BrNS. The third-order valence-corrected chi connectivity index (χ3v) is 4.50. The average molecular weight is 342 g/mol. The molecule has 0 amide bonds. The van der Waals surface area contributed by atoms with Gasteiger partial charge >= 0.3 is 0 Å². The molecule has 0 heterocycles. The first-order valence-corrected chi connectivity index (χ1v) is 8.65. The van der Waals surface area contributed by atoms with Crippen LogP contribution in [0.4, 0.5) is 0 Å². The summed E-state index contributed by atoms with van der Waals surface area (Å²) in [4.78, 5) is 1.33. The largest absolute Gasteiger partial charge is 0.313 e. The Kier molecular flexibility index (Phi) is 8.51. The predicted molar refractivity (Wildman–Crippen MR) is 91.0 cm³/mol. The third kappa shape index (κ3) is 7.81. The van der Waals surface area contributed by atoms with Crippen molar-refractivity contribution in [3.8, 4) is 0 Å². The lowest BCUT2D eigenvalue weighted by Crippen LogP contribution is -2.32. The Bertz CT molecular complexity index is 392. The van der Waals surface area contributed by atoms with Gasteiger partial charge in [0.05, 0.1) is 0 Å². The van der Waals surface area contributed by atoms with Crippen LogP contribution in [0.3, 0.4) is 0 Å². The molecule has 0 aliphatic heterocycles. The second-order valence-corrected chi connectivity index (χ2v) is 6.92. The number of rotatable bonds is 9. The van der Waals surface area contributed by atoms with E-state index in [0.717, 1.165) is 23.2 Å². The van der Waals surface area contributed by atoms with Crippen LogP contribution in [0.25, 0.3) is 0 Å². The lowest BCUT2D eigenvalue weighted by molar-refractivity contribution is 0.519. The molecule has 1 aromatic rings. The first-order chi connectivity index (χ1) is 9.11. The van der Waals surface area contributed by atoms with Gasteiger partial charge in [-0.2, -0.15) is 0 Å². The Morgan fingerprint density at radius 3 is 2.89 bits per heavy atom. The van der Waals surface area contributed by atoms with Gasteiger partial charge in [0.1, 0.15) is 0 Å². The summed E-state index contributed by atoms with van der Waals surface area (Å²) in [6, 6.07) is 9.08. The molecule has 1 N–H and O–H groups in total. The molecule has 106 valence electrons. The van der Waals surface area contributed by atoms with Crippen molar-refractivity contribution in [1.82, 2.24) is 5.32 Å². The standard InChI is InChI=1S/C16H24BrNS/c1-4-10-18-15(9-8-13(2)3)12-19-16-7-5-6-14(17)11-16/h5-7,11,15,18H,2,4,8-10,12H2,1,3H3. The van der Waals surface area contributed by atoms with E-state index in [2.05, 4.69) is 65.9 Å². The summed E-state index contributed by atoms with van der Waals surface area (Å²) in [6.45, 7) is 9.42. The van der Waals surface area contributed by atoms with Crippen molar-refractivity contribution in [2.75, 3.05) is 12.3 Å². The summed E-state index contributed by atoms with van der Waals surface area (Å²) in [6.07, 6.45) is 3.47. The molecule has 0 radical (unpaired) electrons. The van der Waals surface area contributed by atoms with Crippen molar-refractivity contribution in [2.45, 2.75) is 44.0 Å². The molecule has 3 heteroatoms. The zero-order valence-corrected chi connectivity index (χ0v) is 14.3. The molecule has 1 rings (SSSR count). The van der Waals surface area contributed by atoms with Crippen LogP contribution in [-0.2, 0) is 0 Å². The molecule has 1 atom stereocenters. The van der Waals surface area contributed by atoms with Gasteiger partial charge in [-0.05, 0) is 50.9 Å². The molecule has 0 aliphatic carbocycles. The van der Waals surface area contributed by atoms with Crippen LogP contribution >= 0.6 is 27.7 Å². The number of nitrogens with one attached hydrogen (secondary N) is 1. The van der Waals surface area contributed by atoms with Crippen molar-refractivity contribution in [1.29, 1.82) is 0 Å². The first-order valence-electron chi connectivity index (χ1n) is 6.88. The summed E-state index contributed by atoms with van der Waals surface area (Å²) in [5, 5.41) is 3.64. The number of thioether (sulfide) groups is 1. The summed E-state index contributed by atoms with van der Waals surface area (Å²) >= 11 is 5.44. The van der Waals surface area contributed by atoms with Crippen LogP contribution in [0.1, 0.15) is 33.1 Å². The van der Waals surface area contributed by atoms with Gasteiger partial charge in [-0.25, -0.2) is 0 Å². The van der Waals surface area contributed by atoms with E-state index in [1.54, 1.807) is 0 Å². The quantitative estimate of drug-likeness (QED) is 0.485. The maximum Gasteiger partial charge on any atom is 0.0186 e. The molecule has 0 spiro atoms. The van der Waals surface area contributed by atoms with Gasteiger partial charge in [-0.3, -0.25) is 0 Å². The van der Waals surface area contributed by atoms with Crippen LogP contribution in [0, 0.1) is 0 Å². The van der Waals surface area contributed by atoms with Crippen LogP contribution in [0.5, 0.6) is 0 Å². The minimum absolute atomic E-state index is 0.570. The lowest BCUT2D eigenvalue weighted by Gasteiger charge is -2.18. The Morgan fingerprint density at radius 1 is 1.47 bits per heavy atom. The maximum atomic E-state index is 4.00. The Morgan fingerprint density at radius 2 is 2.26 bits per heavy atom. The second kappa shape index (κ2) is 9.62. The van der Waals surface area contributed by atoms with Gasteiger partial charge in [0, 0.05) is 21.2 Å². The number of hydrogen-bond donors (Lipinski definition) is 1. The van der Waals surface area contributed by atoms with Crippen molar-refractivity contribution in [2.24, 2.45) is 0 Å². The normalized spacial score (nSPS) is 12.4. The molecule has 0 aliphatic rings. The van der Waals surface area contributed by atoms with Gasteiger partial charge < -0.3 is 5.32 Å². The van der Waals surface area contributed by atoms with Crippen molar-refractivity contribution >= 4 is 27.7 Å². The molecule has 1 aromatic carbocycles. The summed E-state index contributed by atoms with van der Waals surface area (Å²) in [5.74, 6) is 1.11. The van der Waals surface area contributed by atoms with Crippen LogP contribution < -0.4 is 5.32 Å². The summed E-state index contributed by atoms with van der Waals surface area (Å²) in [7, 11) is 0. The van der Waals surface area contributed by atoms with E-state index in [9.17, 15) is 0 Å². The smallest absolute Gasteiger partial charge is 0.0186 e. The highest BCUT2D eigenvalue weighted by molar-refractivity contribution is 9.10. The minimum atomic E-state index is 0.570. The topological polar surface area (TPSA) is 12.0 Å². The molecule has 0 fully saturated rings. The van der Waals surface area contributed by atoms with Crippen LogP contribution in [0.2, 0.25) is 0 Å². The van der Waals surface area contributed by atoms with Gasteiger partial charge in [0.25, 0.3) is 0 Å². The Hall–Kier alpha value is -0.250. The average Bonchev–Trinajstić information content (AvgIpc) is 2.37. The van der Waals surface area contributed by atoms with Gasteiger partial charge in [-0.1, -0.05) is 34.5 Å². The van der Waals surface area contributed by atoms with E-state index in [4.69, 9.17) is 0 Å². The fraction of sp³-hybridized carbons (Fsp3) is 0.500.